The highest BCUT2D eigenvalue weighted by molar-refractivity contribution is 5.82. The minimum Gasteiger partial charge on any atom is -0.490 e. The molecule has 3 aromatic rings. The van der Waals surface area contributed by atoms with Crippen LogP contribution in [0.25, 0.3) is 11.0 Å². The van der Waals surface area contributed by atoms with Crippen LogP contribution in [0.4, 0.5) is 13.2 Å². The molecule has 0 bridgehead atoms. The monoisotopic (exact) mass is 450 g/mol. The second kappa shape index (κ2) is 8.57. The molecule has 1 heterocycles. The van der Waals surface area contributed by atoms with E-state index in [9.17, 15) is 22.8 Å². The Kier molecular flexibility index (Phi) is 6.20. The van der Waals surface area contributed by atoms with Gasteiger partial charge in [0.05, 0.1) is 17.4 Å². The van der Waals surface area contributed by atoms with E-state index in [1.807, 2.05) is 0 Å². The lowest BCUT2D eigenvalue weighted by Gasteiger charge is -2.17. The Morgan fingerprint density at radius 3 is 2.28 bits per heavy atom. The van der Waals surface area contributed by atoms with Crippen molar-refractivity contribution in [2.75, 3.05) is 6.61 Å². The Morgan fingerprint density at radius 1 is 1.03 bits per heavy atom. The molecule has 0 aliphatic rings. The van der Waals surface area contributed by atoms with Gasteiger partial charge in [0.25, 0.3) is 5.76 Å². The molecular formula is C23H21F3O6. The largest absolute Gasteiger partial charge is 0.490 e. The lowest BCUT2D eigenvalue weighted by Crippen LogP contribution is -2.25. The van der Waals surface area contributed by atoms with Crippen molar-refractivity contribution in [2.24, 2.45) is 5.41 Å². The second-order valence-electron chi connectivity index (χ2n) is 7.87. The summed E-state index contributed by atoms with van der Waals surface area (Å²) in [7, 11) is 0. The molecule has 3 rings (SSSR count). The molecule has 170 valence electrons. The third-order valence-electron chi connectivity index (χ3n) is 4.26. The van der Waals surface area contributed by atoms with Gasteiger partial charge in [-0.25, -0.2) is 0 Å². The van der Waals surface area contributed by atoms with Crippen molar-refractivity contribution < 1.29 is 36.6 Å². The summed E-state index contributed by atoms with van der Waals surface area (Å²) in [6.07, 6.45) is -5.03. The first-order valence-corrected chi connectivity index (χ1v) is 9.72. The molecule has 0 saturated carbocycles. The van der Waals surface area contributed by atoms with Crippen LogP contribution in [0.5, 0.6) is 23.0 Å². The van der Waals surface area contributed by atoms with Gasteiger partial charge in [0.15, 0.2) is 11.5 Å². The van der Waals surface area contributed by atoms with Crippen molar-refractivity contribution in [3.8, 4) is 23.0 Å². The summed E-state index contributed by atoms with van der Waals surface area (Å²) < 4.78 is 62.2. The van der Waals surface area contributed by atoms with Crippen LogP contribution in [-0.4, -0.2) is 12.6 Å². The molecule has 32 heavy (non-hydrogen) atoms. The summed E-state index contributed by atoms with van der Waals surface area (Å²) in [6, 6.07) is 9.61. The first-order valence-electron chi connectivity index (χ1n) is 9.72. The molecule has 0 saturated heterocycles. The number of carbonyl (C=O) groups excluding carboxylic acids is 1. The lowest BCUT2D eigenvalue weighted by molar-refractivity contribution is -0.154. The number of carbonyl (C=O) groups is 1. The molecule has 6 nitrogen and oxygen atoms in total. The smallest absolute Gasteiger partial charge is 0.453 e. The summed E-state index contributed by atoms with van der Waals surface area (Å²) in [6.45, 7) is 6.83. The molecule has 0 aliphatic carbocycles. The topological polar surface area (TPSA) is 75.0 Å². The van der Waals surface area contributed by atoms with Crippen molar-refractivity contribution in [3.63, 3.8) is 0 Å². The fourth-order valence-electron chi connectivity index (χ4n) is 2.68. The van der Waals surface area contributed by atoms with Gasteiger partial charge in [-0.15, -0.1) is 0 Å². The zero-order valence-electron chi connectivity index (χ0n) is 17.8. The zero-order valence-corrected chi connectivity index (χ0v) is 17.8. The van der Waals surface area contributed by atoms with Gasteiger partial charge in [0.2, 0.25) is 11.2 Å². The minimum atomic E-state index is -5.03. The van der Waals surface area contributed by atoms with E-state index in [1.54, 1.807) is 33.8 Å². The Labute approximate surface area is 181 Å². The number of para-hydroxylation sites is 2. The maximum atomic E-state index is 13.7. The van der Waals surface area contributed by atoms with E-state index in [2.05, 4.69) is 0 Å². The van der Waals surface area contributed by atoms with Crippen molar-refractivity contribution in [1.29, 1.82) is 0 Å². The second-order valence-corrected chi connectivity index (χ2v) is 7.87. The summed E-state index contributed by atoms with van der Waals surface area (Å²) in [4.78, 5) is 25.0. The molecule has 0 amide bonds. The molecule has 0 N–H and O–H groups in total. The summed E-state index contributed by atoms with van der Waals surface area (Å²) in [5.41, 5.74) is -2.26. The van der Waals surface area contributed by atoms with Gasteiger partial charge in [0, 0.05) is 6.07 Å². The van der Waals surface area contributed by atoms with Gasteiger partial charge < -0.3 is 18.6 Å². The zero-order chi connectivity index (χ0) is 23.7. The van der Waals surface area contributed by atoms with E-state index in [1.165, 1.54) is 30.3 Å². The molecule has 2 aromatic carbocycles. The van der Waals surface area contributed by atoms with Crippen molar-refractivity contribution in [2.45, 2.75) is 33.9 Å². The van der Waals surface area contributed by atoms with E-state index in [0.29, 0.717) is 0 Å². The molecule has 9 heteroatoms. The van der Waals surface area contributed by atoms with Crippen LogP contribution in [-0.2, 0) is 11.0 Å². The third kappa shape index (κ3) is 4.87. The van der Waals surface area contributed by atoms with Crippen molar-refractivity contribution >= 4 is 16.9 Å². The van der Waals surface area contributed by atoms with Gasteiger partial charge in [-0.2, -0.15) is 13.2 Å². The Balaban J connectivity index is 2.13. The lowest BCUT2D eigenvalue weighted by atomic mass is 9.97. The first-order chi connectivity index (χ1) is 14.9. The number of hydrogen-bond donors (Lipinski definition) is 0. The van der Waals surface area contributed by atoms with E-state index in [0.717, 1.165) is 6.07 Å². The fourth-order valence-corrected chi connectivity index (χ4v) is 2.68. The number of rotatable bonds is 5. The normalized spacial score (nSPS) is 12.0. The molecule has 1 aromatic heterocycles. The standard InChI is InChI=1S/C23H21F3O6/c1-5-29-15-8-6-7-9-16(15)31-19-18(27)14-11-10-13(30-21(28)22(2,3)4)12-17(14)32-20(19)23(24,25)26/h6-12H,5H2,1-4H3. The van der Waals surface area contributed by atoms with E-state index in [4.69, 9.17) is 18.6 Å². The van der Waals surface area contributed by atoms with Crippen LogP contribution < -0.4 is 19.6 Å². The molecular weight excluding hydrogens is 429 g/mol. The van der Waals surface area contributed by atoms with E-state index >= 15 is 0 Å². The van der Waals surface area contributed by atoms with E-state index in [-0.39, 0.29) is 29.2 Å². The summed E-state index contributed by atoms with van der Waals surface area (Å²) in [5, 5.41) is -0.169. The number of esters is 1. The summed E-state index contributed by atoms with van der Waals surface area (Å²) in [5.74, 6) is -3.17. The molecule has 0 unspecified atom stereocenters. The third-order valence-corrected chi connectivity index (χ3v) is 4.26. The molecule has 0 aliphatic heterocycles. The highest BCUT2D eigenvalue weighted by atomic mass is 19.4. The Bertz CT molecular complexity index is 1210. The van der Waals surface area contributed by atoms with Gasteiger partial charge in [-0.05, 0) is 52.0 Å². The van der Waals surface area contributed by atoms with Crippen molar-refractivity contribution in [1.82, 2.24) is 0 Å². The fraction of sp³-hybridized carbons (Fsp3) is 0.304. The summed E-state index contributed by atoms with van der Waals surface area (Å²) >= 11 is 0. The first kappa shape index (κ1) is 23.2. The molecule has 0 fully saturated rings. The molecule has 0 atom stereocenters. The SMILES string of the molecule is CCOc1ccccc1Oc1c(C(F)(F)F)oc2cc(OC(=O)C(C)(C)C)ccc2c1=O. The number of alkyl halides is 3. The van der Waals surface area contributed by atoms with Gasteiger partial charge in [-0.3, -0.25) is 9.59 Å². The Hall–Kier alpha value is -3.49. The average molecular weight is 450 g/mol. The average Bonchev–Trinajstić information content (AvgIpc) is 2.70. The van der Waals surface area contributed by atoms with Gasteiger partial charge in [0.1, 0.15) is 11.3 Å². The van der Waals surface area contributed by atoms with Crippen LogP contribution in [0.15, 0.2) is 51.7 Å². The highest BCUT2D eigenvalue weighted by Crippen LogP contribution is 2.40. The van der Waals surface area contributed by atoms with Gasteiger partial charge in [-0.1, -0.05) is 12.1 Å². The Morgan fingerprint density at radius 2 is 1.69 bits per heavy atom. The van der Waals surface area contributed by atoms with Crippen LogP contribution in [0, 0.1) is 5.41 Å². The van der Waals surface area contributed by atoms with Crippen LogP contribution >= 0.6 is 0 Å². The maximum absolute atomic E-state index is 13.7. The maximum Gasteiger partial charge on any atom is 0.453 e. The number of fused-ring (bicyclic) bond motifs is 1. The predicted molar refractivity (Wildman–Crippen MR) is 110 cm³/mol. The number of halogens is 3. The van der Waals surface area contributed by atoms with E-state index < -0.39 is 40.1 Å². The quantitative estimate of drug-likeness (QED) is 0.353. The van der Waals surface area contributed by atoms with Crippen molar-refractivity contribution in [3.05, 3.63) is 58.4 Å². The molecule has 0 radical (unpaired) electrons. The predicted octanol–water partition coefficient (Wildman–Crippen LogP) is 5.95. The minimum absolute atomic E-state index is 0.0518. The van der Waals surface area contributed by atoms with Crippen LogP contribution in [0.3, 0.4) is 0 Å². The van der Waals surface area contributed by atoms with Crippen LogP contribution in [0.2, 0.25) is 0 Å². The highest BCUT2D eigenvalue weighted by Gasteiger charge is 2.41. The molecule has 0 spiro atoms. The van der Waals surface area contributed by atoms with Gasteiger partial charge >= 0.3 is 12.1 Å². The number of benzene rings is 2. The van der Waals surface area contributed by atoms with Crippen LogP contribution in [0.1, 0.15) is 33.5 Å². The number of ether oxygens (including phenoxy) is 3. The number of hydrogen-bond acceptors (Lipinski definition) is 6.